The van der Waals surface area contributed by atoms with Crippen molar-refractivity contribution < 1.29 is 14.5 Å². The minimum atomic E-state index is -0.681. The average Bonchev–Trinajstić information content (AvgIpc) is 2.61. The van der Waals surface area contributed by atoms with Crippen molar-refractivity contribution in [3.05, 3.63) is 21.1 Å². The Morgan fingerprint density at radius 2 is 2.33 bits per heavy atom. The van der Waals surface area contributed by atoms with Gasteiger partial charge in [0.15, 0.2) is 0 Å². The van der Waals surface area contributed by atoms with Crippen LogP contribution in [0.4, 0.5) is 9.80 Å². The van der Waals surface area contributed by atoms with E-state index in [0.29, 0.717) is 17.9 Å². The van der Waals surface area contributed by atoms with Crippen LogP contribution in [-0.2, 0) is 11.3 Å². The summed E-state index contributed by atoms with van der Waals surface area (Å²) < 4.78 is 1.17. The maximum absolute atomic E-state index is 11.3. The van der Waals surface area contributed by atoms with Crippen LogP contribution in [0, 0.1) is 10.1 Å². The lowest BCUT2D eigenvalue weighted by Gasteiger charge is -1.97. The van der Waals surface area contributed by atoms with Gasteiger partial charge in [0, 0.05) is 6.54 Å². The lowest BCUT2D eigenvalue weighted by molar-refractivity contribution is -0.380. The van der Waals surface area contributed by atoms with Gasteiger partial charge < -0.3 is 15.6 Å². The maximum Gasteiger partial charge on any atom is 0.343 e. The molecule has 1 heterocycles. The topological polar surface area (TPSA) is 133 Å². The Morgan fingerprint density at radius 3 is 2.83 bits per heavy atom. The fourth-order valence-electron chi connectivity index (χ4n) is 1.10. The van der Waals surface area contributed by atoms with Crippen molar-refractivity contribution >= 4 is 28.3 Å². The number of urea groups is 1. The zero-order valence-electron chi connectivity index (χ0n) is 9.45. The molecule has 0 saturated carbocycles. The summed E-state index contributed by atoms with van der Waals surface area (Å²) in [7, 11) is 0. The summed E-state index contributed by atoms with van der Waals surface area (Å²) in [5, 5.41) is 12.8. The number of aromatic nitrogens is 1. The number of hydrogen-bond acceptors (Lipinski definition) is 5. The van der Waals surface area contributed by atoms with E-state index in [9.17, 15) is 19.7 Å². The van der Waals surface area contributed by atoms with Crippen LogP contribution in [0.2, 0.25) is 0 Å². The van der Waals surface area contributed by atoms with Gasteiger partial charge in [0.25, 0.3) is 0 Å². The molecular formula is C8H11N5O4S. The largest absolute Gasteiger partial charge is 0.368 e. The smallest absolute Gasteiger partial charge is 0.343 e. The van der Waals surface area contributed by atoms with Gasteiger partial charge in [-0.15, -0.1) is 0 Å². The Morgan fingerprint density at radius 1 is 1.67 bits per heavy atom. The molecule has 0 aliphatic rings. The summed E-state index contributed by atoms with van der Waals surface area (Å²) in [4.78, 5) is 35.7. The highest BCUT2D eigenvalue weighted by atomic mass is 32.1. The number of carbonyl (C=O) groups excluding carboxylic acids is 2. The van der Waals surface area contributed by atoms with Crippen LogP contribution in [0.15, 0.2) is 11.2 Å². The van der Waals surface area contributed by atoms with Gasteiger partial charge >= 0.3 is 11.0 Å². The number of hydrogen-bond donors (Lipinski definition) is 2. The first-order valence-corrected chi connectivity index (χ1v) is 5.71. The first-order valence-electron chi connectivity index (χ1n) is 4.89. The van der Waals surface area contributed by atoms with Gasteiger partial charge in [-0.05, 0) is 18.3 Å². The summed E-state index contributed by atoms with van der Waals surface area (Å²) in [6.07, 6.45) is 1.12. The molecule has 0 aliphatic carbocycles. The number of nitro groups is 1. The molecule has 3 N–H and O–H groups in total. The quantitative estimate of drug-likeness (QED) is 0.569. The van der Waals surface area contributed by atoms with Crippen LogP contribution >= 0.6 is 11.3 Å². The molecule has 0 bridgehead atoms. The van der Waals surface area contributed by atoms with Crippen LogP contribution in [-0.4, -0.2) is 28.0 Å². The Labute approximate surface area is 105 Å². The average molecular weight is 273 g/mol. The van der Waals surface area contributed by atoms with Crippen LogP contribution in [0.5, 0.6) is 0 Å². The first kappa shape index (κ1) is 13.8. The molecule has 1 rings (SSSR count). The molecule has 0 unspecified atom stereocenters. The molecule has 10 heteroatoms. The maximum atomic E-state index is 11.3. The van der Waals surface area contributed by atoms with E-state index in [1.807, 2.05) is 0 Å². The normalized spacial score (nSPS) is 11.3. The summed E-state index contributed by atoms with van der Waals surface area (Å²) in [5.41, 5.74) is 5.00. The lowest BCUT2D eigenvalue weighted by atomic mass is 10.6. The molecule has 0 radical (unpaired) electrons. The van der Waals surface area contributed by atoms with Crippen LogP contribution < -0.4 is 15.9 Å². The van der Waals surface area contributed by atoms with Gasteiger partial charge in [0.05, 0.1) is 11.1 Å². The highest BCUT2D eigenvalue weighted by Crippen LogP contribution is 2.13. The third-order valence-corrected chi connectivity index (χ3v) is 2.71. The molecule has 0 atom stereocenters. The second-order valence-electron chi connectivity index (χ2n) is 3.15. The molecule has 0 aromatic carbocycles. The predicted molar refractivity (Wildman–Crippen MR) is 62.8 cm³/mol. The molecule has 18 heavy (non-hydrogen) atoms. The number of nitrogens with one attached hydrogen (secondary N) is 1. The van der Waals surface area contributed by atoms with Gasteiger partial charge in [-0.1, -0.05) is 0 Å². The fourth-order valence-corrected chi connectivity index (χ4v) is 1.90. The van der Waals surface area contributed by atoms with E-state index < -0.39 is 16.9 Å². The number of nitrogens with two attached hydrogens (primary N) is 1. The molecule has 0 aliphatic heterocycles. The summed E-state index contributed by atoms with van der Waals surface area (Å²) in [6.45, 7) is 1.82. The fraction of sp³-hybridized carbons (Fsp3) is 0.375. The molecular weight excluding hydrogens is 262 g/mol. The van der Waals surface area contributed by atoms with E-state index in [0.717, 1.165) is 6.20 Å². The highest BCUT2D eigenvalue weighted by molar-refractivity contribution is 7.12. The van der Waals surface area contributed by atoms with Crippen molar-refractivity contribution in [3.8, 4) is 0 Å². The third-order valence-electron chi connectivity index (χ3n) is 1.74. The van der Waals surface area contributed by atoms with E-state index in [-0.39, 0.29) is 16.3 Å². The van der Waals surface area contributed by atoms with Crippen molar-refractivity contribution in [1.82, 2.24) is 9.88 Å². The number of carbonyl (C=O) groups is 2. The highest BCUT2D eigenvalue weighted by Gasteiger charge is 2.14. The predicted octanol–water partition coefficient (Wildman–Crippen LogP) is -0.427. The molecule has 0 fully saturated rings. The van der Waals surface area contributed by atoms with Crippen molar-refractivity contribution in [2.24, 2.45) is 10.7 Å². The van der Waals surface area contributed by atoms with E-state index in [1.165, 1.54) is 4.57 Å². The molecule has 0 spiro atoms. The van der Waals surface area contributed by atoms with Crippen molar-refractivity contribution in [1.29, 1.82) is 0 Å². The third kappa shape index (κ3) is 3.66. The second-order valence-corrected chi connectivity index (χ2v) is 4.14. The number of thiazole rings is 1. The number of amides is 3. The van der Waals surface area contributed by atoms with Gasteiger partial charge in [-0.2, -0.15) is 4.99 Å². The van der Waals surface area contributed by atoms with Crippen molar-refractivity contribution in [2.75, 3.05) is 6.54 Å². The zero-order chi connectivity index (χ0) is 13.7. The van der Waals surface area contributed by atoms with E-state index >= 15 is 0 Å². The van der Waals surface area contributed by atoms with Crippen LogP contribution in [0.3, 0.4) is 0 Å². The van der Waals surface area contributed by atoms with E-state index in [1.54, 1.807) is 6.92 Å². The van der Waals surface area contributed by atoms with Gasteiger partial charge in [0.1, 0.15) is 6.54 Å². The molecule has 1 aromatic rings. The molecule has 1 aromatic heterocycles. The van der Waals surface area contributed by atoms with Gasteiger partial charge in [-0.3, -0.25) is 14.9 Å². The Bertz CT molecular complexity index is 546. The minimum absolute atomic E-state index is 0.0476. The second kappa shape index (κ2) is 5.91. The molecule has 0 saturated heterocycles. The number of nitrogens with zero attached hydrogens (tertiary/aromatic N) is 3. The molecule has 98 valence electrons. The molecule has 3 amide bonds. The molecule has 9 nitrogen and oxygen atoms in total. The standard InChI is InChI=1S/C8H11N5O4S/c1-2-10-7(15)11-8-12(3-5(9)14)4-6(18-8)13(16)17/h4H,2-3H2,1H3,(H2,9,14)(H,10,15)/b11-8+. The monoisotopic (exact) mass is 273 g/mol. The Hall–Kier alpha value is -2.23. The summed E-state index contributed by atoms with van der Waals surface area (Å²) in [6, 6.07) is -0.632. The lowest BCUT2D eigenvalue weighted by Crippen LogP contribution is -2.27. The number of primary amides is 1. The minimum Gasteiger partial charge on any atom is -0.368 e. The summed E-state index contributed by atoms with van der Waals surface area (Å²) >= 11 is 0.692. The van der Waals surface area contributed by atoms with E-state index in [2.05, 4.69) is 10.3 Å². The van der Waals surface area contributed by atoms with E-state index in [4.69, 9.17) is 5.73 Å². The van der Waals surface area contributed by atoms with Gasteiger partial charge in [0.2, 0.25) is 10.7 Å². The first-order chi connectivity index (χ1) is 8.43. The Kier molecular flexibility index (Phi) is 4.54. The SMILES string of the molecule is CCNC(=O)/N=c1/sc([N+](=O)[O-])cn1CC(N)=O. The van der Waals surface area contributed by atoms with Crippen molar-refractivity contribution in [3.63, 3.8) is 0 Å². The number of rotatable bonds is 4. The summed E-state index contributed by atoms with van der Waals surface area (Å²) in [5.74, 6) is -0.681. The van der Waals surface area contributed by atoms with Crippen LogP contribution in [0.25, 0.3) is 0 Å². The van der Waals surface area contributed by atoms with Gasteiger partial charge in [-0.25, -0.2) is 4.79 Å². The van der Waals surface area contributed by atoms with Crippen molar-refractivity contribution in [2.45, 2.75) is 13.5 Å². The Balaban J connectivity index is 3.18. The van der Waals surface area contributed by atoms with Crippen LogP contribution in [0.1, 0.15) is 6.92 Å². The zero-order valence-corrected chi connectivity index (χ0v) is 10.3.